The molecular formula is C21H6B3F15N3. The van der Waals surface area contributed by atoms with E-state index >= 15 is 0 Å². The minimum Gasteiger partial charge on any atom is -0.361 e. The standard InChI is InChI=1S/C21H6B3F15N3/c25-7-4(8(26)14(32)19(37)13(7)31)1-40-22-41(2-5-9(27)15(33)20(38)16(34)10(5)28)24-42(23-40)3-6-11(29)17(35)21(39)18(36)12(6)30/h1-3H2. The Hall–Kier alpha value is -3.32. The first kappa shape index (κ1) is 31.6. The second-order valence-corrected chi connectivity index (χ2v) is 8.51. The molecule has 219 valence electrons. The second-order valence-electron chi connectivity index (χ2n) is 8.51. The smallest absolute Gasteiger partial charge is 0.290 e. The number of hydrogen-bond acceptors (Lipinski definition) is 3. The van der Waals surface area contributed by atoms with Gasteiger partial charge in [-0.3, -0.25) is 0 Å². The van der Waals surface area contributed by atoms with Crippen molar-refractivity contribution in [3.8, 4) is 0 Å². The van der Waals surface area contributed by atoms with Crippen molar-refractivity contribution in [2.75, 3.05) is 0 Å². The lowest BCUT2D eigenvalue weighted by Crippen LogP contribution is -2.60. The second kappa shape index (κ2) is 11.8. The molecule has 0 aromatic heterocycles. The maximum Gasteiger partial charge on any atom is 0.290 e. The summed E-state index contributed by atoms with van der Waals surface area (Å²) in [4.78, 5) is 0. The van der Waals surface area contributed by atoms with Crippen LogP contribution in [0.25, 0.3) is 0 Å². The molecule has 3 radical (unpaired) electrons. The Morgan fingerprint density at radius 1 is 0.262 bits per heavy atom. The average molecular weight is 618 g/mol. The van der Waals surface area contributed by atoms with E-state index in [-0.39, 0.29) is 0 Å². The Balaban J connectivity index is 1.74. The topological polar surface area (TPSA) is 9.72 Å². The Morgan fingerprint density at radius 2 is 0.405 bits per heavy atom. The summed E-state index contributed by atoms with van der Waals surface area (Å²) >= 11 is 0. The quantitative estimate of drug-likeness (QED) is 0.163. The molecule has 0 N–H and O–H groups in total. The largest absolute Gasteiger partial charge is 0.361 e. The zero-order valence-corrected chi connectivity index (χ0v) is 19.9. The fraction of sp³-hybridized carbons (Fsp3) is 0.143. The summed E-state index contributed by atoms with van der Waals surface area (Å²) < 4.78 is 209. The van der Waals surface area contributed by atoms with Crippen molar-refractivity contribution in [1.82, 2.24) is 14.2 Å². The molecule has 0 unspecified atom stereocenters. The molecule has 42 heavy (non-hydrogen) atoms. The van der Waals surface area contributed by atoms with E-state index in [9.17, 15) is 65.9 Å². The van der Waals surface area contributed by atoms with Crippen molar-refractivity contribution in [3.05, 3.63) is 104 Å². The van der Waals surface area contributed by atoms with Crippen LogP contribution in [0, 0.1) is 87.3 Å². The van der Waals surface area contributed by atoms with E-state index in [0.717, 1.165) is 0 Å². The predicted octanol–water partition coefficient (Wildman–Crippen LogP) is 5.20. The van der Waals surface area contributed by atoms with Crippen molar-refractivity contribution in [2.24, 2.45) is 0 Å². The predicted molar refractivity (Wildman–Crippen MR) is 113 cm³/mol. The molecule has 0 bridgehead atoms. The van der Waals surface area contributed by atoms with Crippen molar-refractivity contribution in [1.29, 1.82) is 0 Å². The van der Waals surface area contributed by atoms with Gasteiger partial charge in [0.15, 0.2) is 69.8 Å². The minimum atomic E-state index is -2.53. The summed E-state index contributed by atoms with van der Waals surface area (Å²) in [6, 6.07) is 0. The summed E-state index contributed by atoms with van der Waals surface area (Å²) in [5.74, 6) is -36.0. The van der Waals surface area contributed by atoms with Gasteiger partial charge >= 0.3 is 0 Å². The van der Waals surface area contributed by atoms with E-state index in [4.69, 9.17) is 0 Å². The highest BCUT2D eigenvalue weighted by Gasteiger charge is 2.36. The Bertz CT molecular complexity index is 1310. The van der Waals surface area contributed by atoms with Gasteiger partial charge in [-0.25, -0.2) is 65.9 Å². The van der Waals surface area contributed by atoms with Crippen molar-refractivity contribution < 1.29 is 65.9 Å². The summed E-state index contributed by atoms with van der Waals surface area (Å²) in [5.41, 5.74) is -4.56. The lowest BCUT2D eigenvalue weighted by molar-refractivity contribution is 0.351. The van der Waals surface area contributed by atoms with Gasteiger partial charge in [0.2, 0.25) is 17.5 Å². The molecule has 0 amide bonds. The van der Waals surface area contributed by atoms with E-state index in [2.05, 4.69) is 0 Å². The van der Waals surface area contributed by atoms with Crippen LogP contribution in [0.1, 0.15) is 16.7 Å². The molecule has 1 fully saturated rings. The van der Waals surface area contributed by atoms with Crippen LogP contribution >= 0.6 is 0 Å². The van der Waals surface area contributed by atoms with Crippen molar-refractivity contribution >= 4 is 22.6 Å². The monoisotopic (exact) mass is 618 g/mol. The van der Waals surface area contributed by atoms with Crippen LogP contribution in [0.3, 0.4) is 0 Å². The van der Waals surface area contributed by atoms with Crippen LogP contribution in [0.5, 0.6) is 0 Å². The fourth-order valence-corrected chi connectivity index (χ4v) is 3.82. The molecule has 0 aliphatic carbocycles. The highest BCUT2D eigenvalue weighted by molar-refractivity contribution is 6.64. The molecule has 0 atom stereocenters. The SMILES string of the molecule is Fc1c(F)c(F)c(CN2[B]N(Cc3c(F)c(F)c(F)c(F)c3F)[B]N(Cc3c(F)c(F)c(F)c(F)c3F)[B]2)c(F)c1F. The summed E-state index contributed by atoms with van der Waals surface area (Å²) in [6.07, 6.45) is 0. The van der Waals surface area contributed by atoms with Crippen LogP contribution in [-0.2, 0) is 19.6 Å². The lowest BCUT2D eigenvalue weighted by Gasteiger charge is -2.40. The third-order valence-electron chi connectivity index (χ3n) is 5.81. The number of rotatable bonds is 6. The zero-order valence-electron chi connectivity index (χ0n) is 19.9. The molecule has 3 aromatic rings. The molecule has 21 heteroatoms. The number of benzene rings is 3. The van der Waals surface area contributed by atoms with Gasteiger partial charge in [0.05, 0.1) is 0 Å². The van der Waals surface area contributed by atoms with Crippen LogP contribution in [0.15, 0.2) is 0 Å². The van der Waals surface area contributed by atoms with Gasteiger partial charge in [-0.1, -0.05) is 0 Å². The zero-order chi connectivity index (χ0) is 31.4. The van der Waals surface area contributed by atoms with Gasteiger partial charge < -0.3 is 14.2 Å². The Labute approximate surface area is 226 Å². The summed E-state index contributed by atoms with van der Waals surface area (Å²) in [7, 11) is 1.72. The first-order valence-corrected chi connectivity index (χ1v) is 10.9. The van der Waals surface area contributed by atoms with E-state index in [1.165, 1.54) is 0 Å². The molecule has 0 spiro atoms. The molecule has 0 saturated carbocycles. The fourth-order valence-electron chi connectivity index (χ4n) is 3.82. The molecule has 3 nitrogen and oxygen atoms in total. The first-order chi connectivity index (χ1) is 19.6. The maximum atomic E-state index is 14.3. The molecule has 3 aromatic carbocycles. The molecule has 1 saturated heterocycles. The third kappa shape index (κ3) is 5.44. The van der Waals surface area contributed by atoms with Gasteiger partial charge in [0.25, 0.3) is 22.6 Å². The maximum absolute atomic E-state index is 14.3. The summed E-state index contributed by atoms with van der Waals surface area (Å²) in [5, 5.41) is 0. The molecule has 1 heterocycles. The number of hydrogen-bond donors (Lipinski definition) is 0. The summed E-state index contributed by atoms with van der Waals surface area (Å²) in [6.45, 7) is -4.00. The number of nitrogens with zero attached hydrogens (tertiary/aromatic N) is 3. The number of halogens is 15. The van der Waals surface area contributed by atoms with Crippen LogP contribution in [0.4, 0.5) is 65.9 Å². The van der Waals surface area contributed by atoms with Gasteiger partial charge in [0.1, 0.15) is 0 Å². The highest BCUT2D eigenvalue weighted by atomic mass is 19.2. The van der Waals surface area contributed by atoms with Gasteiger partial charge in [-0.2, -0.15) is 0 Å². The highest BCUT2D eigenvalue weighted by Crippen LogP contribution is 2.28. The van der Waals surface area contributed by atoms with Crippen LogP contribution in [0.2, 0.25) is 0 Å². The normalized spacial score (nSPS) is 14.6. The Kier molecular flexibility index (Phi) is 8.85. The van der Waals surface area contributed by atoms with Gasteiger partial charge in [-0.05, 0) is 0 Å². The van der Waals surface area contributed by atoms with E-state index in [1.807, 2.05) is 0 Å². The average Bonchev–Trinajstić information content (AvgIpc) is 2.97. The van der Waals surface area contributed by atoms with E-state index < -0.39 is 124 Å². The van der Waals surface area contributed by atoms with Gasteiger partial charge in [-0.15, -0.1) is 0 Å². The van der Waals surface area contributed by atoms with Crippen molar-refractivity contribution in [3.63, 3.8) is 0 Å². The van der Waals surface area contributed by atoms with E-state index in [1.54, 1.807) is 0 Å². The molecule has 4 rings (SSSR count). The first-order valence-electron chi connectivity index (χ1n) is 10.9. The Morgan fingerprint density at radius 3 is 0.571 bits per heavy atom. The van der Waals surface area contributed by atoms with E-state index in [0.29, 0.717) is 36.8 Å². The van der Waals surface area contributed by atoms with Crippen molar-refractivity contribution in [2.45, 2.75) is 19.6 Å². The van der Waals surface area contributed by atoms with Gasteiger partial charge in [0, 0.05) is 36.3 Å². The molecule has 1 aliphatic rings. The molecular weight excluding hydrogens is 612 g/mol. The lowest BCUT2D eigenvalue weighted by atomic mass is 9.72. The molecule has 1 aliphatic heterocycles. The van der Waals surface area contributed by atoms with Crippen LogP contribution < -0.4 is 0 Å². The third-order valence-corrected chi connectivity index (χ3v) is 5.81. The van der Waals surface area contributed by atoms with Crippen LogP contribution in [-0.4, -0.2) is 36.8 Å². The minimum absolute atomic E-state index is 0.455.